The van der Waals surface area contributed by atoms with Gasteiger partial charge >= 0.3 is 5.97 Å². The van der Waals surface area contributed by atoms with Crippen molar-refractivity contribution in [2.75, 3.05) is 0 Å². The Morgan fingerprint density at radius 1 is 1.21 bits per heavy atom. The molecule has 19 heavy (non-hydrogen) atoms. The van der Waals surface area contributed by atoms with E-state index in [4.69, 9.17) is 5.11 Å². The number of carboxylic acids is 1. The summed E-state index contributed by atoms with van der Waals surface area (Å²) < 4.78 is 0. The Labute approximate surface area is 115 Å². The number of hydrogen-bond donors (Lipinski definition) is 1. The predicted molar refractivity (Wildman–Crippen MR) is 72.7 cm³/mol. The molecule has 0 spiro atoms. The number of carboxylic acid groups (broad SMARTS) is 1. The minimum atomic E-state index is -0.705. The van der Waals surface area contributed by atoms with Gasteiger partial charge in [0.2, 0.25) is 5.91 Å². The van der Waals surface area contributed by atoms with Gasteiger partial charge in [0.15, 0.2) is 0 Å². The highest BCUT2D eigenvalue weighted by Crippen LogP contribution is 2.40. The summed E-state index contributed by atoms with van der Waals surface area (Å²) in [7, 11) is 0. The number of carbonyl (C=O) groups excluding carboxylic acids is 1. The fourth-order valence-corrected chi connectivity index (χ4v) is 3.65. The van der Waals surface area contributed by atoms with Crippen LogP contribution in [-0.2, 0) is 9.59 Å². The molecule has 4 nitrogen and oxygen atoms in total. The molecule has 1 amide bonds. The van der Waals surface area contributed by atoms with Crippen molar-refractivity contribution in [2.45, 2.75) is 70.9 Å². The highest BCUT2D eigenvalue weighted by Gasteiger charge is 2.43. The minimum Gasteiger partial charge on any atom is -0.481 e. The van der Waals surface area contributed by atoms with Crippen LogP contribution >= 0.6 is 0 Å². The van der Waals surface area contributed by atoms with Crippen LogP contribution in [0.3, 0.4) is 0 Å². The molecule has 2 saturated heterocycles. The van der Waals surface area contributed by atoms with Gasteiger partial charge in [0.1, 0.15) is 0 Å². The third-order valence-electron chi connectivity index (χ3n) is 4.52. The average Bonchev–Trinajstić information content (AvgIpc) is 2.57. The zero-order valence-corrected chi connectivity index (χ0v) is 12.0. The molecule has 0 aromatic rings. The lowest BCUT2D eigenvalue weighted by Gasteiger charge is -2.39. The van der Waals surface area contributed by atoms with Crippen LogP contribution in [0.1, 0.15) is 58.8 Å². The average molecular weight is 267 g/mol. The van der Waals surface area contributed by atoms with E-state index in [9.17, 15) is 9.59 Å². The minimum absolute atomic E-state index is 0.265. The summed E-state index contributed by atoms with van der Waals surface area (Å²) in [5.74, 6) is 0.411. The van der Waals surface area contributed by atoms with Crippen molar-refractivity contribution in [3.05, 3.63) is 0 Å². The molecular weight excluding hydrogens is 242 g/mol. The van der Waals surface area contributed by atoms with Crippen LogP contribution in [0.15, 0.2) is 0 Å². The van der Waals surface area contributed by atoms with Gasteiger partial charge in [-0.25, -0.2) is 0 Å². The predicted octanol–water partition coefficient (Wildman–Crippen LogP) is 2.67. The molecule has 2 fully saturated rings. The van der Waals surface area contributed by atoms with Crippen molar-refractivity contribution in [1.82, 2.24) is 4.90 Å². The first-order valence-electron chi connectivity index (χ1n) is 7.50. The number of hydrogen-bond acceptors (Lipinski definition) is 2. The summed E-state index contributed by atoms with van der Waals surface area (Å²) in [6.07, 6.45) is 5.76. The fraction of sp³-hybridized carbons (Fsp3) is 0.867. The summed E-state index contributed by atoms with van der Waals surface area (Å²) in [5.41, 5.74) is 0. The van der Waals surface area contributed by atoms with Crippen LogP contribution in [0.4, 0.5) is 0 Å². The van der Waals surface area contributed by atoms with Gasteiger partial charge in [0, 0.05) is 24.9 Å². The second kappa shape index (κ2) is 5.93. The molecule has 1 N–H and O–H groups in total. The van der Waals surface area contributed by atoms with E-state index in [1.165, 1.54) is 0 Å². The zero-order chi connectivity index (χ0) is 14.0. The summed E-state index contributed by atoms with van der Waals surface area (Å²) >= 11 is 0. The maximum atomic E-state index is 12.3. The van der Waals surface area contributed by atoms with Crippen molar-refractivity contribution >= 4 is 11.9 Å². The van der Waals surface area contributed by atoms with Crippen LogP contribution in [0.5, 0.6) is 0 Å². The van der Waals surface area contributed by atoms with Gasteiger partial charge in [0.25, 0.3) is 0 Å². The Hall–Kier alpha value is -1.06. The first-order chi connectivity index (χ1) is 8.97. The number of fused-ring (bicyclic) bond motifs is 2. The van der Waals surface area contributed by atoms with E-state index in [0.29, 0.717) is 24.4 Å². The molecule has 0 aliphatic carbocycles. The van der Waals surface area contributed by atoms with Gasteiger partial charge in [-0.2, -0.15) is 0 Å². The molecule has 4 heteroatoms. The van der Waals surface area contributed by atoms with E-state index in [-0.39, 0.29) is 18.2 Å². The topological polar surface area (TPSA) is 57.6 Å². The van der Waals surface area contributed by atoms with Crippen molar-refractivity contribution in [2.24, 2.45) is 11.8 Å². The normalized spacial score (nSPS) is 29.8. The molecular formula is C15H25NO3. The van der Waals surface area contributed by atoms with Gasteiger partial charge in [-0.3, -0.25) is 9.59 Å². The molecule has 0 aromatic carbocycles. The largest absolute Gasteiger partial charge is 0.481 e. The number of rotatable bonds is 5. The Kier molecular flexibility index (Phi) is 4.48. The number of amides is 1. The van der Waals surface area contributed by atoms with Crippen LogP contribution in [-0.4, -0.2) is 34.0 Å². The van der Waals surface area contributed by atoms with Crippen LogP contribution in [0.2, 0.25) is 0 Å². The smallest absolute Gasteiger partial charge is 0.303 e. The third kappa shape index (κ3) is 3.48. The van der Waals surface area contributed by atoms with E-state index in [2.05, 4.69) is 18.7 Å². The summed E-state index contributed by atoms with van der Waals surface area (Å²) in [6.45, 7) is 4.28. The summed E-state index contributed by atoms with van der Waals surface area (Å²) in [4.78, 5) is 25.2. The number of carbonyl (C=O) groups is 2. The van der Waals surface area contributed by atoms with Crippen molar-refractivity contribution in [3.8, 4) is 0 Å². The van der Waals surface area contributed by atoms with E-state index in [0.717, 1.165) is 32.1 Å². The Morgan fingerprint density at radius 3 is 2.26 bits per heavy atom. The molecule has 0 radical (unpaired) electrons. The SMILES string of the molecule is CC(C)CCC(=O)N1C2CCC1CC(CC(=O)O)C2. The quantitative estimate of drug-likeness (QED) is 0.833. The van der Waals surface area contributed by atoms with Crippen LogP contribution in [0, 0.1) is 11.8 Å². The van der Waals surface area contributed by atoms with Crippen LogP contribution < -0.4 is 0 Å². The van der Waals surface area contributed by atoms with Gasteiger partial charge in [-0.15, -0.1) is 0 Å². The maximum absolute atomic E-state index is 12.3. The Morgan fingerprint density at radius 2 is 1.79 bits per heavy atom. The zero-order valence-electron chi connectivity index (χ0n) is 12.0. The second-order valence-corrected chi connectivity index (χ2v) is 6.55. The Balaban J connectivity index is 1.91. The first kappa shape index (κ1) is 14.4. The van der Waals surface area contributed by atoms with E-state index in [1.807, 2.05) is 0 Å². The number of nitrogens with zero attached hydrogens (tertiary/aromatic N) is 1. The maximum Gasteiger partial charge on any atom is 0.303 e. The molecule has 2 rings (SSSR count). The van der Waals surface area contributed by atoms with Gasteiger partial charge in [-0.1, -0.05) is 13.8 Å². The summed E-state index contributed by atoms with van der Waals surface area (Å²) in [6, 6.07) is 0.616. The molecule has 2 bridgehead atoms. The van der Waals surface area contributed by atoms with E-state index in [1.54, 1.807) is 0 Å². The molecule has 2 aliphatic heterocycles. The molecule has 2 aliphatic rings. The fourth-order valence-electron chi connectivity index (χ4n) is 3.65. The van der Waals surface area contributed by atoms with Crippen molar-refractivity contribution in [1.29, 1.82) is 0 Å². The molecule has 0 saturated carbocycles. The van der Waals surface area contributed by atoms with Crippen LogP contribution in [0.25, 0.3) is 0 Å². The third-order valence-corrected chi connectivity index (χ3v) is 4.52. The van der Waals surface area contributed by atoms with Gasteiger partial charge in [0.05, 0.1) is 0 Å². The van der Waals surface area contributed by atoms with E-state index < -0.39 is 5.97 Å². The highest BCUT2D eigenvalue weighted by molar-refractivity contribution is 5.77. The standard InChI is InChI=1S/C15H25NO3/c1-10(2)3-6-14(17)16-12-4-5-13(16)8-11(7-12)9-15(18)19/h10-13H,3-9H2,1-2H3,(H,18,19). The lowest BCUT2D eigenvalue weighted by molar-refractivity contribution is -0.140. The molecule has 2 atom stereocenters. The highest BCUT2D eigenvalue weighted by atomic mass is 16.4. The molecule has 108 valence electrons. The number of piperidine rings is 1. The molecule has 0 aromatic heterocycles. The molecule has 2 unspecified atom stereocenters. The summed E-state index contributed by atoms with van der Waals surface area (Å²) in [5, 5.41) is 8.90. The lowest BCUT2D eigenvalue weighted by Crippen LogP contribution is -2.46. The van der Waals surface area contributed by atoms with Crippen molar-refractivity contribution in [3.63, 3.8) is 0 Å². The van der Waals surface area contributed by atoms with Crippen molar-refractivity contribution < 1.29 is 14.7 Å². The van der Waals surface area contributed by atoms with E-state index >= 15 is 0 Å². The Bertz CT molecular complexity index is 339. The monoisotopic (exact) mass is 267 g/mol. The lowest BCUT2D eigenvalue weighted by atomic mass is 9.88. The van der Waals surface area contributed by atoms with Gasteiger partial charge in [-0.05, 0) is 43.9 Å². The van der Waals surface area contributed by atoms with Gasteiger partial charge < -0.3 is 10.0 Å². The first-order valence-corrected chi connectivity index (χ1v) is 7.50. The second-order valence-electron chi connectivity index (χ2n) is 6.55. The molecule has 2 heterocycles. The number of aliphatic carboxylic acids is 1.